The monoisotopic (exact) mass is 376 g/mol. The Kier molecular flexibility index (Phi) is 7.73. The molecule has 1 aromatic heterocycles. The van der Waals surface area contributed by atoms with Crippen LogP contribution in [0.25, 0.3) is 0 Å². The zero-order valence-electron chi connectivity index (χ0n) is 15.4. The molecule has 1 aromatic carbocycles. The summed E-state index contributed by atoms with van der Waals surface area (Å²) in [6.45, 7) is 6.85. The molecule has 2 aromatic rings. The Morgan fingerprint density at radius 2 is 2.08 bits per heavy atom. The van der Waals surface area contributed by atoms with Crippen LogP contribution in [-0.2, 0) is 0 Å². The first-order valence-corrected chi connectivity index (χ1v) is 9.25. The van der Waals surface area contributed by atoms with Gasteiger partial charge in [-0.1, -0.05) is 31.0 Å². The van der Waals surface area contributed by atoms with Gasteiger partial charge in [-0.2, -0.15) is 0 Å². The molecule has 1 amide bonds. The van der Waals surface area contributed by atoms with Gasteiger partial charge >= 0.3 is 0 Å². The van der Waals surface area contributed by atoms with Crippen molar-refractivity contribution in [3.05, 3.63) is 52.8 Å². The predicted molar refractivity (Wildman–Crippen MR) is 103 cm³/mol. The van der Waals surface area contributed by atoms with E-state index in [1.54, 1.807) is 18.3 Å². The molecule has 0 aliphatic carbocycles. The van der Waals surface area contributed by atoms with Crippen LogP contribution >= 0.6 is 11.6 Å². The minimum Gasteiger partial charge on any atom is -0.490 e. The molecule has 1 unspecified atom stereocenters. The lowest BCUT2D eigenvalue weighted by Gasteiger charge is -2.17. The highest BCUT2D eigenvalue weighted by Gasteiger charge is 2.18. The van der Waals surface area contributed by atoms with E-state index in [4.69, 9.17) is 21.1 Å². The molecule has 0 saturated heterocycles. The summed E-state index contributed by atoms with van der Waals surface area (Å²) in [7, 11) is 0. The smallest absolute Gasteiger partial charge is 0.251 e. The van der Waals surface area contributed by atoms with Crippen LogP contribution in [0.5, 0.6) is 11.5 Å². The third kappa shape index (κ3) is 5.36. The maximum absolute atomic E-state index is 12.6. The zero-order valence-corrected chi connectivity index (χ0v) is 16.2. The normalized spacial score (nSPS) is 11.7. The van der Waals surface area contributed by atoms with Crippen molar-refractivity contribution in [2.75, 3.05) is 13.2 Å². The molecule has 0 aliphatic heterocycles. The maximum atomic E-state index is 12.6. The molecule has 0 bridgehead atoms. The third-order valence-electron chi connectivity index (χ3n) is 3.79. The number of pyridine rings is 1. The number of rotatable bonds is 9. The van der Waals surface area contributed by atoms with E-state index in [-0.39, 0.29) is 11.9 Å². The van der Waals surface area contributed by atoms with Gasteiger partial charge in [-0.3, -0.25) is 9.78 Å². The van der Waals surface area contributed by atoms with E-state index in [1.807, 2.05) is 32.0 Å². The fraction of sp³-hybridized carbons (Fsp3) is 0.400. The lowest BCUT2D eigenvalue weighted by molar-refractivity contribution is 0.0938. The van der Waals surface area contributed by atoms with E-state index in [0.29, 0.717) is 35.3 Å². The molecule has 26 heavy (non-hydrogen) atoms. The Bertz CT molecular complexity index is 722. The first kappa shape index (κ1) is 20.0. The predicted octanol–water partition coefficient (Wildman–Crippen LogP) is 4.80. The van der Waals surface area contributed by atoms with Crippen molar-refractivity contribution in [2.24, 2.45) is 0 Å². The van der Waals surface area contributed by atoms with E-state index in [9.17, 15) is 4.79 Å². The average Bonchev–Trinajstić information content (AvgIpc) is 2.64. The summed E-state index contributed by atoms with van der Waals surface area (Å²) in [6, 6.07) is 8.64. The summed E-state index contributed by atoms with van der Waals surface area (Å²) in [5.41, 5.74) is 1.21. The molecule has 140 valence electrons. The highest BCUT2D eigenvalue weighted by molar-refractivity contribution is 6.32. The summed E-state index contributed by atoms with van der Waals surface area (Å²) < 4.78 is 11.4. The fourth-order valence-corrected chi connectivity index (χ4v) is 2.67. The van der Waals surface area contributed by atoms with Crippen LogP contribution in [0.2, 0.25) is 5.02 Å². The van der Waals surface area contributed by atoms with Gasteiger partial charge in [0.1, 0.15) is 0 Å². The molecule has 2 rings (SSSR count). The van der Waals surface area contributed by atoms with Gasteiger partial charge in [-0.05, 0) is 44.5 Å². The van der Waals surface area contributed by atoms with Crippen LogP contribution in [0.15, 0.2) is 36.5 Å². The number of halogens is 1. The number of ether oxygens (including phenoxy) is 2. The number of aromatic nitrogens is 1. The van der Waals surface area contributed by atoms with Crippen LogP contribution in [0, 0.1) is 0 Å². The Labute approximate surface area is 159 Å². The number of nitrogens with one attached hydrogen (secondary N) is 1. The van der Waals surface area contributed by atoms with E-state index < -0.39 is 0 Å². The average molecular weight is 377 g/mol. The number of hydrogen-bond donors (Lipinski definition) is 1. The topological polar surface area (TPSA) is 60.5 Å². The summed E-state index contributed by atoms with van der Waals surface area (Å²) >= 11 is 6.35. The van der Waals surface area contributed by atoms with Crippen molar-refractivity contribution in [3.8, 4) is 11.5 Å². The number of hydrogen-bond acceptors (Lipinski definition) is 4. The molecule has 1 atom stereocenters. The van der Waals surface area contributed by atoms with Crippen LogP contribution in [0.1, 0.15) is 55.7 Å². The maximum Gasteiger partial charge on any atom is 0.251 e. The lowest BCUT2D eigenvalue weighted by Crippen LogP contribution is -2.27. The van der Waals surface area contributed by atoms with E-state index >= 15 is 0 Å². The Balaban J connectivity index is 2.18. The van der Waals surface area contributed by atoms with Crippen molar-refractivity contribution < 1.29 is 14.3 Å². The standard InChI is InChI=1S/C20H25ClN2O3/c1-4-6-11-26-19-16(21)12-15(13-18(19)25-5-2)20(24)23-14(3)17-9-7-8-10-22-17/h7-10,12-14H,4-6,11H2,1-3H3,(H,23,24). The first-order chi connectivity index (χ1) is 12.6. The number of carbonyl (C=O) groups excluding carboxylic acids is 1. The minimum atomic E-state index is -0.244. The van der Waals surface area contributed by atoms with Gasteiger partial charge in [0.15, 0.2) is 11.5 Å². The summed E-state index contributed by atoms with van der Waals surface area (Å²) in [5.74, 6) is 0.717. The van der Waals surface area contributed by atoms with Crippen molar-refractivity contribution in [3.63, 3.8) is 0 Å². The molecule has 0 saturated carbocycles. The third-order valence-corrected chi connectivity index (χ3v) is 4.08. The lowest BCUT2D eigenvalue weighted by atomic mass is 10.1. The molecular formula is C20H25ClN2O3. The Hall–Kier alpha value is -2.27. The van der Waals surface area contributed by atoms with Crippen LogP contribution in [0.4, 0.5) is 0 Å². The minimum absolute atomic E-state index is 0.224. The van der Waals surface area contributed by atoms with Gasteiger partial charge in [0.2, 0.25) is 0 Å². The second-order valence-electron chi connectivity index (χ2n) is 5.87. The molecule has 0 fully saturated rings. The number of amides is 1. The highest BCUT2D eigenvalue weighted by Crippen LogP contribution is 2.37. The quantitative estimate of drug-likeness (QED) is 0.638. The van der Waals surface area contributed by atoms with Gasteiger partial charge < -0.3 is 14.8 Å². The summed E-state index contributed by atoms with van der Waals surface area (Å²) in [6.07, 6.45) is 3.64. The second-order valence-corrected chi connectivity index (χ2v) is 6.28. The van der Waals surface area contributed by atoms with Gasteiger partial charge in [0.05, 0.1) is 30.0 Å². The number of benzene rings is 1. The van der Waals surface area contributed by atoms with E-state index in [1.165, 1.54) is 0 Å². The van der Waals surface area contributed by atoms with Gasteiger partial charge in [-0.15, -0.1) is 0 Å². The van der Waals surface area contributed by atoms with Crippen molar-refractivity contribution >= 4 is 17.5 Å². The SMILES string of the molecule is CCCCOc1c(Cl)cc(C(=O)NC(C)c2ccccn2)cc1OCC. The summed E-state index contributed by atoms with van der Waals surface area (Å²) in [5, 5.41) is 3.29. The van der Waals surface area contributed by atoms with E-state index in [2.05, 4.69) is 17.2 Å². The molecule has 0 spiro atoms. The molecule has 1 heterocycles. The summed E-state index contributed by atoms with van der Waals surface area (Å²) in [4.78, 5) is 16.9. The molecule has 1 N–H and O–H groups in total. The zero-order chi connectivity index (χ0) is 18.9. The molecule has 0 radical (unpaired) electrons. The first-order valence-electron chi connectivity index (χ1n) is 8.87. The van der Waals surface area contributed by atoms with Crippen LogP contribution in [0.3, 0.4) is 0 Å². The highest BCUT2D eigenvalue weighted by atomic mass is 35.5. The number of unbranched alkanes of at least 4 members (excludes halogenated alkanes) is 1. The van der Waals surface area contributed by atoms with Crippen molar-refractivity contribution in [1.29, 1.82) is 0 Å². The Morgan fingerprint density at radius 3 is 2.73 bits per heavy atom. The van der Waals surface area contributed by atoms with Gasteiger partial charge in [0, 0.05) is 11.8 Å². The van der Waals surface area contributed by atoms with Crippen LogP contribution < -0.4 is 14.8 Å². The molecule has 6 heteroatoms. The van der Waals surface area contributed by atoms with E-state index in [0.717, 1.165) is 18.5 Å². The largest absolute Gasteiger partial charge is 0.490 e. The fourth-order valence-electron chi connectivity index (χ4n) is 2.41. The number of carbonyl (C=O) groups is 1. The van der Waals surface area contributed by atoms with Crippen molar-refractivity contribution in [1.82, 2.24) is 10.3 Å². The Morgan fingerprint density at radius 1 is 1.27 bits per heavy atom. The number of nitrogens with zero attached hydrogens (tertiary/aromatic N) is 1. The van der Waals surface area contributed by atoms with Crippen molar-refractivity contribution in [2.45, 2.75) is 39.7 Å². The molecular weight excluding hydrogens is 352 g/mol. The van der Waals surface area contributed by atoms with Gasteiger partial charge in [0.25, 0.3) is 5.91 Å². The van der Waals surface area contributed by atoms with Gasteiger partial charge in [-0.25, -0.2) is 0 Å². The molecule has 5 nitrogen and oxygen atoms in total. The molecule has 0 aliphatic rings. The second kappa shape index (κ2) is 10.0. The van der Waals surface area contributed by atoms with Crippen LogP contribution in [-0.4, -0.2) is 24.1 Å².